The van der Waals surface area contributed by atoms with Crippen molar-refractivity contribution < 1.29 is 19.1 Å². The van der Waals surface area contributed by atoms with Crippen molar-refractivity contribution in [3.8, 4) is 0 Å². The van der Waals surface area contributed by atoms with E-state index in [9.17, 15) is 14.4 Å². The summed E-state index contributed by atoms with van der Waals surface area (Å²) in [5.41, 5.74) is 0. The molecule has 1 aliphatic carbocycles. The molecule has 1 rings (SSSR count). The van der Waals surface area contributed by atoms with Crippen LogP contribution in [-0.2, 0) is 19.1 Å². The van der Waals surface area contributed by atoms with Gasteiger partial charge in [-0.2, -0.15) is 0 Å². The molecule has 0 heterocycles. The van der Waals surface area contributed by atoms with E-state index in [0.29, 0.717) is 12.8 Å². The summed E-state index contributed by atoms with van der Waals surface area (Å²) in [6, 6.07) is -1.28. The third kappa shape index (κ3) is 15.6. The predicted molar refractivity (Wildman–Crippen MR) is 171 cm³/mol. The number of esters is 1. The molecule has 0 aromatic heterocycles. The summed E-state index contributed by atoms with van der Waals surface area (Å²) < 4.78 is 5.19. The zero-order valence-electron chi connectivity index (χ0n) is 26.8. The van der Waals surface area contributed by atoms with Crippen molar-refractivity contribution in [1.29, 1.82) is 0 Å². The Morgan fingerprint density at radius 1 is 0.805 bits per heavy atom. The van der Waals surface area contributed by atoms with Crippen LogP contribution in [0.3, 0.4) is 0 Å². The zero-order valence-corrected chi connectivity index (χ0v) is 26.8. The van der Waals surface area contributed by atoms with Gasteiger partial charge in [-0.05, 0) is 57.3 Å². The van der Waals surface area contributed by atoms with Gasteiger partial charge in [0, 0.05) is 12.5 Å². The van der Waals surface area contributed by atoms with Gasteiger partial charge in [0.25, 0.3) is 0 Å². The molecule has 1 unspecified atom stereocenters. The lowest BCUT2D eigenvalue weighted by atomic mass is 9.93. The van der Waals surface area contributed by atoms with Crippen molar-refractivity contribution in [2.75, 3.05) is 7.11 Å². The quantitative estimate of drug-likeness (QED) is 0.0713. The fourth-order valence-electron chi connectivity index (χ4n) is 6.03. The van der Waals surface area contributed by atoms with E-state index in [-0.39, 0.29) is 23.8 Å². The molecule has 236 valence electrons. The number of unbranched alkanes of at least 4 members (excludes halogenated alkanes) is 12. The van der Waals surface area contributed by atoms with E-state index in [0.717, 1.165) is 89.9 Å². The van der Waals surface area contributed by atoms with Crippen LogP contribution < -0.4 is 5.32 Å². The number of amides is 2. The number of allylic oxidation sites excluding steroid dienone is 2. The SMILES string of the molecule is C=CCCCCCCCCC(=O)N(C(CCCCCCCCC=C)C(=O)NC1CCCCC1)[C@H](C(=O)OC)C(C)C. The van der Waals surface area contributed by atoms with Crippen molar-refractivity contribution in [1.82, 2.24) is 10.2 Å². The highest BCUT2D eigenvalue weighted by Crippen LogP contribution is 2.24. The molecule has 1 fully saturated rings. The fraction of sp³-hybridized carbons (Fsp3) is 0.800. The molecule has 1 aliphatic rings. The Balaban J connectivity index is 3.00. The lowest BCUT2D eigenvalue weighted by Crippen LogP contribution is -2.59. The summed E-state index contributed by atoms with van der Waals surface area (Å²) in [7, 11) is 1.37. The number of carbonyl (C=O) groups excluding carboxylic acids is 3. The minimum Gasteiger partial charge on any atom is -0.467 e. The molecule has 0 aromatic carbocycles. The Kier molecular flexibility index (Phi) is 21.1. The minimum atomic E-state index is -0.771. The second-order valence-corrected chi connectivity index (χ2v) is 12.3. The number of nitrogens with zero attached hydrogens (tertiary/aromatic N) is 1. The number of nitrogens with one attached hydrogen (secondary N) is 1. The summed E-state index contributed by atoms with van der Waals surface area (Å²) in [5.74, 6) is -0.804. The van der Waals surface area contributed by atoms with Crippen LogP contribution in [0.1, 0.15) is 149 Å². The van der Waals surface area contributed by atoms with Gasteiger partial charge in [0.15, 0.2) is 0 Å². The van der Waals surface area contributed by atoms with Crippen LogP contribution in [0.4, 0.5) is 0 Å². The maximum absolute atomic E-state index is 13.9. The predicted octanol–water partition coefficient (Wildman–Crippen LogP) is 8.44. The summed E-state index contributed by atoms with van der Waals surface area (Å²) in [6.45, 7) is 11.4. The van der Waals surface area contributed by atoms with Gasteiger partial charge in [-0.25, -0.2) is 4.79 Å². The van der Waals surface area contributed by atoms with E-state index in [4.69, 9.17) is 4.74 Å². The summed E-state index contributed by atoms with van der Waals surface area (Å²) in [4.78, 5) is 42.4. The number of rotatable bonds is 24. The summed E-state index contributed by atoms with van der Waals surface area (Å²) in [5, 5.41) is 3.28. The van der Waals surface area contributed by atoms with E-state index in [1.807, 2.05) is 26.0 Å². The second kappa shape index (κ2) is 23.5. The van der Waals surface area contributed by atoms with Crippen LogP contribution in [0, 0.1) is 5.92 Å². The minimum absolute atomic E-state index is 0.103. The molecule has 1 N–H and O–H groups in total. The molecule has 0 saturated heterocycles. The first-order valence-electron chi connectivity index (χ1n) is 16.8. The maximum atomic E-state index is 13.9. The molecule has 0 aromatic rings. The Morgan fingerprint density at radius 2 is 1.32 bits per heavy atom. The highest BCUT2D eigenvalue weighted by atomic mass is 16.5. The lowest BCUT2D eigenvalue weighted by molar-refractivity contribution is -0.159. The van der Waals surface area contributed by atoms with Crippen LogP contribution in [0.2, 0.25) is 0 Å². The fourth-order valence-corrected chi connectivity index (χ4v) is 6.03. The summed E-state index contributed by atoms with van der Waals surface area (Å²) >= 11 is 0. The average molecular weight is 575 g/mol. The molecule has 2 atom stereocenters. The third-order valence-electron chi connectivity index (χ3n) is 8.44. The van der Waals surface area contributed by atoms with E-state index in [1.165, 1.54) is 39.2 Å². The van der Waals surface area contributed by atoms with E-state index < -0.39 is 18.1 Å². The number of methoxy groups -OCH3 is 1. The number of carbonyl (C=O) groups is 3. The molecule has 0 aliphatic heterocycles. The van der Waals surface area contributed by atoms with Crippen molar-refractivity contribution in [2.24, 2.45) is 5.92 Å². The van der Waals surface area contributed by atoms with E-state index in [1.54, 1.807) is 4.90 Å². The van der Waals surface area contributed by atoms with Crippen LogP contribution in [0.5, 0.6) is 0 Å². The first-order chi connectivity index (χ1) is 19.9. The highest BCUT2D eigenvalue weighted by Gasteiger charge is 2.40. The zero-order chi connectivity index (χ0) is 30.3. The number of hydrogen-bond donors (Lipinski definition) is 1. The van der Waals surface area contributed by atoms with Crippen molar-refractivity contribution in [3.05, 3.63) is 25.3 Å². The number of ether oxygens (including phenoxy) is 1. The van der Waals surface area contributed by atoms with Crippen molar-refractivity contribution in [3.63, 3.8) is 0 Å². The van der Waals surface area contributed by atoms with Gasteiger partial charge in [0.1, 0.15) is 12.1 Å². The smallest absolute Gasteiger partial charge is 0.328 e. The van der Waals surface area contributed by atoms with Gasteiger partial charge in [0.2, 0.25) is 11.8 Å². The molecule has 2 amide bonds. The van der Waals surface area contributed by atoms with E-state index in [2.05, 4.69) is 18.5 Å². The maximum Gasteiger partial charge on any atom is 0.328 e. The van der Waals surface area contributed by atoms with Crippen LogP contribution in [0.25, 0.3) is 0 Å². The summed E-state index contributed by atoms with van der Waals surface area (Å²) in [6.07, 6.45) is 25.2. The Hall–Kier alpha value is -2.11. The topological polar surface area (TPSA) is 75.7 Å². The lowest BCUT2D eigenvalue weighted by Gasteiger charge is -2.39. The first-order valence-corrected chi connectivity index (χ1v) is 16.8. The van der Waals surface area contributed by atoms with Gasteiger partial charge in [0.05, 0.1) is 7.11 Å². The Bertz CT molecular complexity index is 744. The molecular weight excluding hydrogens is 512 g/mol. The van der Waals surface area contributed by atoms with Gasteiger partial charge >= 0.3 is 5.97 Å². The molecule has 0 radical (unpaired) electrons. The molecule has 1 saturated carbocycles. The van der Waals surface area contributed by atoms with Crippen molar-refractivity contribution >= 4 is 17.8 Å². The highest BCUT2D eigenvalue weighted by molar-refractivity contribution is 5.91. The van der Waals surface area contributed by atoms with Crippen molar-refractivity contribution in [2.45, 2.75) is 167 Å². The van der Waals surface area contributed by atoms with Crippen LogP contribution >= 0.6 is 0 Å². The second-order valence-electron chi connectivity index (χ2n) is 12.3. The molecule has 0 bridgehead atoms. The largest absolute Gasteiger partial charge is 0.467 e. The Morgan fingerprint density at radius 3 is 1.83 bits per heavy atom. The standard InChI is InChI=1S/C35H62N2O4/c1-6-8-10-12-14-16-18-23-27-31(34(39)36-30-25-21-20-22-26-30)37(33(29(3)4)35(40)41-5)32(38)28-24-19-17-15-13-11-9-7-2/h6-7,29-31,33H,1-2,8-28H2,3-5H3,(H,36,39)/t31?,33-/m0/s1. The molecule has 6 heteroatoms. The monoisotopic (exact) mass is 574 g/mol. The Labute approximate surface area is 252 Å². The molecular formula is C35H62N2O4. The molecule has 0 spiro atoms. The van der Waals surface area contributed by atoms with Gasteiger partial charge < -0.3 is 15.0 Å². The van der Waals surface area contributed by atoms with Gasteiger partial charge in [-0.15, -0.1) is 13.2 Å². The normalized spacial score (nSPS) is 15.2. The van der Waals surface area contributed by atoms with Crippen LogP contribution in [-0.4, -0.2) is 47.9 Å². The van der Waals surface area contributed by atoms with E-state index >= 15 is 0 Å². The molecule has 6 nitrogen and oxygen atoms in total. The third-order valence-corrected chi connectivity index (χ3v) is 8.44. The number of hydrogen-bond acceptors (Lipinski definition) is 4. The average Bonchev–Trinajstić information content (AvgIpc) is 2.96. The first kappa shape index (κ1) is 36.9. The van der Waals surface area contributed by atoms with Gasteiger partial charge in [-0.1, -0.05) is 103 Å². The van der Waals surface area contributed by atoms with Crippen LogP contribution in [0.15, 0.2) is 25.3 Å². The van der Waals surface area contributed by atoms with Gasteiger partial charge in [-0.3, -0.25) is 9.59 Å². The molecule has 41 heavy (non-hydrogen) atoms.